The van der Waals surface area contributed by atoms with Crippen molar-refractivity contribution in [2.75, 3.05) is 33.4 Å². The Labute approximate surface area is 88.6 Å². The summed E-state index contributed by atoms with van der Waals surface area (Å²) in [5.41, 5.74) is 5.70. The summed E-state index contributed by atoms with van der Waals surface area (Å²) >= 11 is 0. The van der Waals surface area contributed by atoms with Gasteiger partial charge in [-0.25, -0.2) is 0 Å². The first-order valence-corrected chi connectivity index (χ1v) is 5.62. The van der Waals surface area contributed by atoms with Crippen LogP contribution in [0.4, 0.5) is 0 Å². The van der Waals surface area contributed by atoms with Gasteiger partial charge in [-0.15, -0.1) is 0 Å². The van der Waals surface area contributed by atoms with Crippen LogP contribution in [0.3, 0.4) is 0 Å². The Morgan fingerprint density at radius 1 is 1.36 bits per heavy atom. The van der Waals surface area contributed by atoms with Crippen molar-refractivity contribution in [3.8, 4) is 0 Å². The van der Waals surface area contributed by atoms with Crippen LogP contribution in [0.5, 0.6) is 0 Å². The van der Waals surface area contributed by atoms with Crippen molar-refractivity contribution in [3.63, 3.8) is 0 Å². The van der Waals surface area contributed by atoms with Gasteiger partial charge in [-0.1, -0.05) is 20.3 Å². The number of rotatable bonds is 8. The molecule has 2 N–H and O–H groups in total. The molecule has 0 rings (SSSR count). The van der Waals surface area contributed by atoms with Gasteiger partial charge in [0.25, 0.3) is 0 Å². The highest BCUT2D eigenvalue weighted by Gasteiger charge is 2.15. The van der Waals surface area contributed by atoms with Gasteiger partial charge < -0.3 is 10.5 Å². The molecular formula is C11H26N2O. The molecule has 14 heavy (non-hydrogen) atoms. The molecule has 3 nitrogen and oxygen atoms in total. The fourth-order valence-electron chi connectivity index (χ4n) is 1.67. The summed E-state index contributed by atoms with van der Waals surface area (Å²) < 4.78 is 5.16. The normalized spacial score (nSPS) is 15.9. The second-order valence-electron chi connectivity index (χ2n) is 3.90. The molecule has 0 aliphatic heterocycles. The summed E-state index contributed by atoms with van der Waals surface area (Å²) in [6, 6.07) is 0.491. The number of nitrogens with two attached hydrogens (primary N) is 1. The number of hydrogen-bond acceptors (Lipinski definition) is 3. The lowest BCUT2D eigenvalue weighted by molar-refractivity contribution is 0.0918. The summed E-state index contributed by atoms with van der Waals surface area (Å²) in [6.45, 7) is 10.3. The molecule has 0 saturated heterocycles. The second-order valence-corrected chi connectivity index (χ2v) is 3.90. The van der Waals surface area contributed by atoms with E-state index in [-0.39, 0.29) is 0 Å². The maximum atomic E-state index is 5.70. The predicted molar refractivity (Wildman–Crippen MR) is 61.4 cm³/mol. The molecule has 0 aliphatic rings. The van der Waals surface area contributed by atoms with E-state index in [9.17, 15) is 0 Å². The zero-order valence-corrected chi connectivity index (χ0v) is 10.1. The maximum absolute atomic E-state index is 5.70. The minimum absolute atomic E-state index is 0.491. The molecule has 86 valence electrons. The molecule has 0 aromatic heterocycles. The summed E-state index contributed by atoms with van der Waals surface area (Å²) in [5.74, 6) is 0.620. The zero-order chi connectivity index (χ0) is 11.0. The average Bonchev–Trinajstić information content (AvgIpc) is 2.20. The number of ether oxygens (including phenoxy) is 1. The highest BCUT2D eigenvalue weighted by molar-refractivity contribution is 4.70. The van der Waals surface area contributed by atoms with Crippen molar-refractivity contribution in [2.45, 2.75) is 33.2 Å². The fourth-order valence-corrected chi connectivity index (χ4v) is 1.67. The van der Waals surface area contributed by atoms with Crippen molar-refractivity contribution in [1.29, 1.82) is 0 Å². The van der Waals surface area contributed by atoms with E-state index in [4.69, 9.17) is 10.5 Å². The van der Waals surface area contributed by atoms with E-state index in [1.807, 2.05) is 0 Å². The molecule has 0 bridgehead atoms. The fraction of sp³-hybridized carbons (Fsp3) is 1.00. The smallest absolute Gasteiger partial charge is 0.0615 e. The van der Waals surface area contributed by atoms with Crippen LogP contribution in [-0.2, 0) is 4.74 Å². The van der Waals surface area contributed by atoms with Gasteiger partial charge in [0, 0.05) is 19.7 Å². The molecule has 0 aromatic carbocycles. The van der Waals surface area contributed by atoms with Crippen LogP contribution >= 0.6 is 0 Å². The van der Waals surface area contributed by atoms with Crippen LogP contribution in [0, 0.1) is 5.92 Å². The molecule has 3 heteroatoms. The van der Waals surface area contributed by atoms with Crippen LogP contribution in [0.1, 0.15) is 27.2 Å². The third-order valence-corrected chi connectivity index (χ3v) is 2.84. The van der Waals surface area contributed by atoms with Crippen molar-refractivity contribution >= 4 is 0 Å². The van der Waals surface area contributed by atoms with Gasteiger partial charge in [0.1, 0.15) is 0 Å². The molecule has 0 aromatic rings. The van der Waals surface area contributed by atoms with Crippen LogP contribution in [-0.4, -0.2) is 44.3 Å². The van der Waals surface area contributed by atoms with Gasteiger partial charge in [0.15, 0.2) is 0 Å². The monoisotopic (exact) mass is 202 g/mol. The van der Waals surface area contributed by atoms with Gasteiger partial charge in [-0.2, -0.15) is 0 Å². The highest BCUT2D eigenvalue weighted by atomic mass is 16.5. The van der Waals surface area contributed by atoms with Crippen molar-refractivity contribution in [1.82, 2.24) is 4.90 Å². The van der Waals surface area contributed by atoms with Gasteiger partial charge in [0.05, 0.1) is 6.61 Å². The van der Waals surface area contributed by atoms with Crippen molar-refractivity contribution < 1.29 is 4.74 Å². The van der Waals surface area contributed by atoms with Crippen molar-refractivity contribution in [2.24, 2.45) is 11.7 Å². The third kappa shape index (κ3) is 4.94. The Kier molecular flexibility index (Phi) is 8.14. The lowest BCUT2D eigenvalue weighted by Gasteiger charge is -2.30. The molecule has 0 radical (unpaired) electrons. The molecule has 0 fully saturated rings. The number of nitrogens with zero attached hydrogens (tertiary/aromatic N) is 1. The Morgan fingerprint density at radius 2 is 2.00 bits per heavy atom. The summed E-state index contributed by atoms with van der Waals surface area (Å²) in [7, 11) is 1.75. The van der Waals surface area contributed by atoms with E-state index in [0.29, 0.717) is 12.0 Å². The molecular weight excluding hydrogens is 176 g/mol. The SMILES string of the molecule is CCC(CN)CN(CC)C(C)COC. The zero-order valence-electron chi connectivity index (χ0n) is 10.1. The van der Waals surface area contributed by atoms with Gasteiger partial charge >= 0.3 is 0 Å². The van der Waals surface area contributed by atoms with Gasteiger partial charge in [0.2, 0.25) is 0 Å². The van der Waals surface area contributed by atoms with Crippen LogP contribution in [0.25, 0.3) is 0 Å². The second kappa shape index (κ2) is 8.21. The average molecular weight is 202 g/mol. The minimum Gasteiger partial charge on any atom is -0.383 e. The van der Waals surface area contributed by atoms with Crippen LogP contribution in [0.15, 0.2) is 0 Å². The van der Waals surface area contributed by atoms with Gasteiger partial charge in [-0.3, -0.25) is 4.90 Å². The lowest BCUT2D eigenvalue weighted by Crippen LogP contribution is -2.40. The van der Waals surface area contributed by atoms with Gasteiger partial charge in [-0.05, 0) is 25.9 Å². The summed E-state index contributed by atoms with van der Waals surface area (Å²) in [4.78, 5) is 2.44. The Bertz CT molecular complexity index is 126. The van der Waals surface area contributed by atoms with E-state index in [0.717, 1.165) is 32.7 Å². The molecule has 0 spiro atoms. The number of hydrogen-bond donors (Lipinski definition) is 1. The first kappa shape index (κ1) is 13.9. The van der Waals surface area contributed by atoms with E-state index in [2.05, 4.69) is 25.7 Å². The van der Waals surface area contributed by atoms with Crippen molar-refractivity contribution in [3.05, 3.63) is 0 Å². The highest BCUT2D eigenvalue weighted by Crippen LogP contribution is 2.07. The first-order chi connectivity index (χ1) is 6.69. The summed E-state index contributed by atoms with van der Waals surface area (Å²) in [6.07, 6.45) is 1.16. The lowest BCUT2D eigenvalue weighted by atomic mass is 10.1. The van der Waals surface area contributed by atoms with Crippen LogP contribution in [0.2, 0.25) is 0 Å². The molecule has 0 saturated carbocycles. The van der Waals surface area contributed by atoms with E-state index >= 15 is 0 Å². The topological polar surface area (TPSA) is 38.5 Å². The Morgan fingerprint density at radius 3 is 2.36 bits per heavy atom. The Hall–Kier alpha value is -0.120. The molecule has 0 heterocycles. The van der Waals surface area contributed by atoms with E-state index < -0.39 is 0 Å². The molecule has 0 amide bonds. The van der Waals surface area contributed by atoms with E-state index in [1.54, 1.807) is 7.11 Å². The number of likely N-dealkylation sites (N-methyl/N-ethyl adjacent to an activating group) is 1. The minimum atomic E-state index is 0.491. The van der Waals surface area contributed by atoms with E-state index in [1.165, 1.54) is 0 Å². The first-order valence-electron chi connectivity index (χ1n) is 5.62. The molecule has 0 aliphatic carbocycles. The molecule has 2 atom stereocenters. The van der Waals surface area contributed by atoms with Crippen LogP contribution < -0.4 is 5.73 Å². The largest absolute Gasteiger partial charge is 0.383 e. The quantitative estimate of drug-likeness (QED) is 0.645. The predicted octanol–water partition coefficient (Wildman–Crippen LogP) is 1.33. The number of methoxy groups -OCH3 is 1. The third-order valence-electron chi connectivity index (χ3n) is 2.84. The standard InChI is InChI=1S/C11H26N2O/c1-5-11(7-12)8-13(6-2)10(3)9-14-4/h10-11H,5-9,12H2,1-4H3. The summed E-state index contributed by atoms with van der Waals surface area (Å²) in [5, 5.41) is 0. The Balaban J connectivity index is 3.98. The maximum Gasteiger partial charge on any atom is 0.0615 e. The molecule has 2 unspecified atom stereocenters.